The number of aromatic nitrogens is 4. The lowest BCUT2D eigenvalue weighted by molar-refractivity contribution is 0.138. The quantitative estimate of drug-likeness (QED) is 0.768. The Morgan fingerprint density at radius 3 is 2.57 bits per heavy atom. The predicted octanol–water partition coefficient (Wildman–Crippen LogP) is 2.58. The highest BCUT2D eigenvalue weighted by Crippen LogP contribution is 2.24. The summed E-state index contributed by atoms with van der Waals surface area (Å²) in [6.07, 6.45) is 1.44. The molecule has 0 aromatic carbocycles. The molecule has 116 valence electrons. The lowest BCUT2D eigenvalue weighted by Gasteiger charge is -2.30. The molecular formula is C14H22ClN5O. The van der Waals surface area contributed by atoms with Crippen LogP contribution in [0.3, 0.4) is 0 Å². The van der Waals surface area contributed by atoms with Crippen LogP contribution in [-0.2, 0) is 0 Å². The molecule has 0 atom stereocenters. The average Bonchev–Trinajstić information content (AvgIpc) is 2.85. The van der Waals surface area contributed by atoms with Gasteiger partial charge >= 0.3 is 0 Å². The summed E-state index contributed by atoms with van der Waals surface area (Å²) < 4.78 is 7.49. The molecule has 0 amide bonds. The van der Waals surface area contributed by atoms with E-state index in [1.807, 2.05) is 6.92 Å². The van der Waals surface area contributed by atoms with Gasteiger partial charge in [0, 0.05) is 24.2 Å². The van der Waals surface area contributed by atoms with Gasteiger partial charge in [-0.2, -0.15) is 19.6 Å². The molecule has 0 fully saturated rings. The fourth-order valence-electron chi connectivity index (χ4n) is 2.40. The second-order valence-corrected chi connectivity index (χ2v) is 5.94. The normalized spacial score (nSPS) is 12.0. The van der Waals surface area contributed by atoms with Crippen molar-refractivity contribution in [1.82, 2.24) is 24.5 Å². The van der Waals surface area contributed by atoms with Crippen LogP contribution in [0.5, 0.6) is 5.88 Å². The van der Waals surface area contributed by atoms with Gasteiger partial charge in [0.2, 0.25) is 5.88 Å². The smallest absolute Gasteiger partial charge is 0.256 e. The van der Waals surface area contributed by atoms with Crippen LogP contribution in [0.4, 0.5) is 0 Å². The van der Waals surface area contributed by atoms with Crippen LogP contribution < -0.4 is 4.74 Å². The van der Waals surface area contributed by atoms with Gasteiger partial charge in [0.1, 0.15) is 18.1 Å². The molecule has 0 aliphatic heterocycles. The largest absolute Gasteiger partial charge is 0.476 e. The van der Waals surface area contributed by atoms with Crippen LogP contribution in [0.1, 0.15) is 33.3 Å². The molecule has 2 heterocycles. The van der Waals surface area contributed by atoms with Gasteiger partial charge in [-0.1, -0.05) is 11.6 Å². The fourth-order valence-corrected chi connectivity index (χ4v) is 2.56. The molecule has 0 spiro atoms. The molecule has 0 aliphatic rings. The molecule has 2 aromatic rings. The Bertz CT molecular complexity index is 603. The Kier molecular flexibility index (Phi) is 5.00. The van der Waals surface area contributed by atoms with Crippen LogP contribution >= 0.6 is 11.6 Å². The first kappa shape index (κ1) is 16.0. The Hall–Kier alpha value is -1.40. The van der Waals surface area contributed by atoms with E-state index in [-0.39, 0.29) is 0 Å². The number of hydrogen-bond acceptors (Lipinski definition) is 5. The highest BCUT2D eigenvalue weighted by atomic mass is 35.5. The molecule has 7 heteroatoms. The highest BCUT2D eigenvalue weighted by molar-refractivity contribution is 6.30. The molecule has 0 saturated carbocycles. The minimum absolute atomic E-state index is 0.398. The Labute approximate surface area is 130 Å². The summed E-state index contributed by atoms with van der Waals surface area (Å²) in [4.78, 5) is 10.6. The van der Waals surface area contributed by atoms with Crippen LogP contribution in [0.2, 0.25) is 5.15 Å². The molecular weight excluding hydrogens is 290 g/mol. The van der Waals surface area contributed by atoms with Crippen molar-refractivity contribution < 1.29 is 4.74 Å². The molecule has 6 nitrogen and oxygen atoms in total. The minimum atomic E-state index is 0.398. The number of nitrogens with zero attached hydrogens (tertiary/aromatic N) is 5. The van der Waals surface area contributed by atoms with Gasteiger partial charge in [0.15, 0.2) is 0 Å². The third kappa shape index (κ3) is 3.44. The number of ether oxygens (including phenoxy) is 1. The summed E-state index contributed by atoms with van der Waals surface area (Å²) in [6.45, 7) is 12.0. The van der Waals surface area contributed by atoms with E-state index >= 15 is 0 Å². The highest BCUT2D eigenvalue weighted by Gasteiger charge is 2.16. The minimum Gasteiger partial charge on any atom is -0.476 e. The van der Waals surface area contributed by atoms with Crippen molar-refractivity contribution >= 4 is 17.4 Å². The van der Waals surface area contributed by atoms with E-state index < -0.39 is 0 Å². The second-order valence-electron chi connectivity index (χ2n) is 5.58. The Morgan fingerprint density at radius 1 is 1.29 bits per heavy atom. The van der Waals surface area contributed by atoms with Crippen molar-refractivity contribution in [2.24, 2.45) is 0 Å². The van der Waals surface area contributed by atoms with E-state index in [4.69, 9.17) is 16.3 Å². The molecule has 0 unspecified atom stereocenters. The molecule has 2 rings (SSSR count). The summed E-state index contributed by atoms with van der Waals surface area (Å²) in [5.74, 6) is 1.06. The van der Waals surface area contributed by atoms with Crippen LogP contribution in [0.15, 0.2) is 6.33 Å². The van der Waals surface area contributed by atoms with E-state index in [2.05, 4.69) is 47.7 Å². The second kappa shape index (κ2) is 6.58. The maximum absolute atomic E-state index is 6.11. The maximum atomic E-state index is 6.11. The van der Waals surface area contributed by atoms with E-state index in [9.17, 15) is 0 Å². The SMILES string of the molecule is Cc1c(Cl)nc2ncnn2c1OCCN(C(C)C)C(C)C. The summed E-state index contributed by atoms with van der Waals surface area (Å²) in [6, 6.07) is 0.948. The third-order valence-electron chi connectivity index (χ3n) is 3.47. The van der Waals surface area contributed by atoms with E-state index in [0.29, 0.717) is 35.5 Å². The van der Waals surface area contributed by atoms with Crippen molar-refractivity contribution in [2.45, 2.75) is 46.7 Å². The van der Waals surface area contributed by atoms with Crippen LogP contribution in [0.25, 0.3) is 5.78 Å². The third-order valence-corrected chi connectivity index (χ3v) is 3.83. The van der Waals surface area contributed by atoms with Gasteiger partial charge in [-0.05, 0) is 34.6 Å². The standard InChI is InChI=1S/C14H22ClN5O/c1-9(2)19(10(3)4)6-7-21-13-11(5)12(15)18-14-16-8-17-20(13)14/h8-10H,6-7H2,1-5H3. The zero-order valence-electron chi connectivity index (χ0n) is 13.2. The monoisotopic (exact) mass is 311 g/mol. The molecule has 0 bridgehead atoms. The Morgan fingerprint density at radius 2 is 1.95 bits per heavy atom. The molecule has 0 N–H and O–H groups in total. The number of rotatable bonds is 6. The Balaban J connectivity index is 2.13. The maximum Gasteiger partial charge on any atom is 0.256 e. The van der Waals surface area contributed by atoms with Crippen LogP contribution in [0, 0.1) is 6.92 Å². The first-order valence-corrected chi connectivity index (χ1v) is 7.54. The van der Waals surface area contributed by atoms with E-state index in [1.165, 1.54) is 6.33 Å². The molecule has 2 aromatic heterocycles. The summed E-state index contributed by atoms with van der Waals surface area (Å²) in [5.41, 5.74) is 0.773. The van der Waals surface area contributed by atoms with Gasteiger partial charge in [0.25, 0.3) is 5.78 Å². The van der Waals surface area contributed by atoms with E-state index in [0.717, 1.165) is 12.1 Å². The number of hydrogen-bond donors (Lipinski definition) is 0. The van der Waals surface area contributed by atoms with Crippen molar-refractivity contribution in [3.8, 4) is 5.88 Å². The van der Waals surface area contributed by atoms with Gasteiger partial charge in [-0.15, -0.1) is 0 Å². The zero-order chi connectivity index (χ0) is 15.6. The first-order valence-electron chi connectivity index (χ1n) is 7.16. The molecule has 0 aliphatic carbocycles. The van der Waals surface area contributed by atoms with Gasteiger partial charge in [0.05, 0.1) is 0 Å². The van der Waals surface area contributed by atoms with Crippen molar-refractivity contribution in [3.63, 3.8) is 0 Å². The molecule has 21 heavy (non-hydrogen) atoms. The molecule has 0 saturated heterocycles. The molecule has 0 radical (unpaired) electrons. The fraction of sp³-hybridized carbons (Fsp3) is 0.643. The van der Waals surface area contributed by atoms with Crippen molar-refractivity contribution in [1.29, 1.82) is 0 Å². The number of halogens is 1. The lowest BCUT2D eigenvalue weighted by Crippen LogP contribution is -2.39. The number of fused-ring (bicyclic) bond motifs is 1. The zero-order valence-corrected chi connectivity index (χ0v) is 13.9. The summed E-state index contributed by atoms with van der Waals surface area (Å²) >= 11 is 6.11. The van der Waals surface area contributed by atoms with Crippen molar-refractivity contribution in [3.05, 3.63) is 17.0 Å². The van der Waals surface area contributed by atoms with Crippen LogP contribution in [-0.4, -0.2) is 49.7 Å². The van der Waals surface area contributed by atoms with E-state index in [1.54, 1.807) is 4.52 Å². The van der Waals surface area contributed by atoms with Crippen molar-refractivity contribution in [2.75, 3.05) is 13.2 Å². The average molecular weight is 312 g/mol. The summed E-state index contributed by atoms with van der Waals surface area (Å²) in [7, 11) is 0. The lowest BCUT2D eigenvalue weighted by atomic mass is 10.2. The topological polar surface area (TPSA) is 55.6 Å². The summed E-state index contributed by atoms with van der Waals surface area (Å²) in [5, 5.41) is 4.53. The van der Waals surface area contributed by atoms with Gasteiger partial charge in [-0.25, -0.2) is 0 Å². The predicted molar refractivity (Wildman–Crippen MR) is 83.0 cm³/mol. The van der Waals surface area contributed by atoms with Gasteiger partial charge in [-0.3, -0.25) is 4.90 Å². The van der Waals surface area contributed by atoms with Gasteiger partial charge < -0.3 is 4.74 Å². The first-order chi connectivity index (χ1) is 9.91.